The number of rotatable bonds is 6. The zero-order valence-corrected chi connectivity index (χ0v) is 9.32. The van der Waals surface area contributed by atoms with Crippen LogP contribution in [0.5, 0.6) is 5.75 Å². The second kappa shape index (κ2) is 6.17. The molecule has 0 aliphatic heterocycles. The molecule has 1 aromatic rings. The highest BCUT2D eigenvalue weighted by molar-refractivity contribution is 5.75. The van der Waals surface area contributed by atoms with Crippen LogP contribution in [0.2, 0.25) is 0 Å². The number of aldehydes is 1. The van der Waals surface area contributed by atoms with Crippen LogP contribution in [0, 0.1) is 6.92 Å². The molecule has 0 fully saturated rings. The lowest BCUT2D eigenvalue weighted by Gasteiger charge is -2.09. The maximum atomic E-state index is 10.6. The van der Waals surface area contributed by atoms with Crippen molar-refractivity contribution in [3.8, 4) is 5.75 Å². The Labute approximate surface area is 90.5 Å². The van der Waals surface area contributed by atoms with Gasteiger partial charge in [-0.05, 0) is 19.4 Å². The highest BCUT2D eigenvalue weighted by Gasteiger charge is 2.04. The summed E-state index contributed by atoms with van der Waals surface area (Å²) in [6.07, 6.45) is 5.76. The quantitative estimate of drug-likeness (QED) is 0.532. The molecule has 1 aromatic heterocycles. The first-order valence-corrected chi connectivity index (χ1v) is 5.33. The zero-order chi connectivity index (χ0) is 11.1. The number of carbonyl (C=O) groups is 1. The Balaban J connectivity index is 2.57. The summed E-state index contributed by atoms with van der Waals surface area (Å²) in [5, 5.41) is 0. The second-order valence-corrected chi connectivity index (χ2v) is 3.49. The van der Waals surface area contributed by atoms with Crippen LogP contribution in [0.3, 0.4) is 0 Å². The first kappa shape index (κ1) is 11.7. The molecular weight excluding hydrogens is 190 g/mol. The highest BCUT2D eigenvalue weighted by atomic mass is 16.5. The third kappa shape index (κ3) is 3.35. The van der Waals surface area contributed by atoms with Crippen molar-refractivity contribution >= 4 is 6.29 Å². The van der Waals surface area contributed by atoms with E-state index in [-0.39, 0.29) is 0 Å². The third-order valence-electron chi connectivity index (χ3n) is 2.31. The van der Waals surface area contributed by atoms with Gasteiger partial charge >= 0.3 is 0 Å². The van der Waals surface area contributed by atoms with Crippen LogP contribution >= 0.6 is 0 Å². The van der Waals surface area contributed by atoms with Gasteiger partial charge in [0.1, 0.15) is 11.4 Å². The van der Waals surface area contributed by atoms with Gasteiger partial charge in [0.2, 0.25) is 0 Å². The summed E-state index contributed by atoms with van der Waals surface area (Å²) in [6, 6.07) is 1.80. The lowest BCUT2D eigenvalue weighted by molar-refractivity contribution is 0.111. The molecule has 0 atom stereocenters. The number of ether oxygens (including phenoxy) is 1. The fraction of sp³-hybridized carbons (Fsp3) is 0.500. The van der Waals surface area contributed by atoms with Crippen molar-refractivity contribution in [3.63, 3.8) is 0 Å². The second-order valence-electron chi connectivity index (χ2n) is 3.49. The van der Waals surface area contributed by atoms with Gasteiger partial charge in [0, 0.05) is 11.8 Å². The van der Waals surface area contributed by atoms with E-state index in [2.05, 4.69) is 11.9 Å². The molecule has 0 spiro atoms. The number of nitrogens with zero attached hydrogens (tertiary/aromatic N) is 1. The highest BCUT2D eigenvalue weighted by Crippen LogP contribution is 2.18. The monoisotopic (exact) mass is 207 g/mol. The average molecular weight is 207 g/mol. The Kier molecular flexibility index (Phi) is 4.81. The van der Waals surface area contributed by atoms with E-state index in [9.17, 15) is 4.79 Å². The molecule has 0 radical (unpaired) electrons. The molecule has 82 valence electrons. The number of aromatic nitrogens is 1. The van der Waals surface area contributed by atoms with Crippen LogP contribution in [-0.4, -0.2) is 17.9 Å². The molecule has 0 bridgehead atoms. The first-order chi connectivity index (χ1) is 7.29. The minimum Gasteiger partial charge on any atom is -0.493 e. The maximum Gasteiger partial charge on any atom is 0.168 e. The number of hydrogen-bond acceptors (Lipinski definition) is 3. The Morgan fingerprint density at radius 3 is 2.93 bits per heavy atom. The van der Waals surface area contributed by atoms with Crippen LogP contribution < -0.4 is 4.74 Å². The Morgan fingerprint density at radius 2 is 2.27 bits per heavy atom. The van der Waals surface area contributed by atoms with Crippen molar-refractivity contribution in [2.75, 3.05) is 6.61 Å². The SMILES string of the molecule is CCCCCOc1ccnc(C=O)c1C. The van der Waals surface area contributed by atoms with Crippen LogP contribution in [0.25, 0.3) is 0 Å². The Hall–Kier alpha value is -1.38. The van der Waals surface area contributed by atoms with Gasteiger partial charge in [0.15, 0.2) is 6.29 Å². The van der Waals surface area contributed by atoms with Crippen LogP contribution in [0.15, 0.2) is 12.3 Å². The summed E-state index contributed by atoms with van der Waals surface area (Å²) in [5.41, 5.74) is 1.28. The van der Waals surface area contributed by atoms with Crippen molar-refractivity contribution in [2.24, 2.45) is 0 Å². The molecule has 0 unspecified atom stereocenters. The Bertz CT molecular complexity index is 323. The minimum atomic E-state index is 0.461. The van der Waals surface area contributed by atoms with Gasteiger partial charge in [-0.2, -0.15) is 0 Å². The van der Waals surface area contributed by atoms with E-state index in [0.29, 0.717) is 12.3 Å². The van der Waals surface area contributed by atoms with Crippen LogP contribution in [-0.2, 0) is 0 Å². The average Bonchev–Trinajstić information content (AvgIpc) is 2.26. The molecule has 0 N–H and O–H groups in total. The molecule has 3 heteroatoms. The van der Waals surface area contributed by atoms with Gasteiger partial charge in [-0.25, -0.2) is 0 Å². The summed E-state index contributed by atoms with van der Waals surface area (Å²) < 4.78 is 5.58. The zero-order valence-electron chi connectivity index (χ0n) is 9.32. The summed E-state index contributed by atoms with van der Waals surface area (Å²) in [5.74, 6) is 0.767. The molecule has 0 aliphatic rings. The number of pyridine rings is 1. The molecule has 3 nitrogen and oxygen atoms in total. The molecule has 15 heavy (non-hydrogen) atoms. The van der Waals surface area contributed by atoms with Crippen molar-refractivity contribution in [1.82, 2.24) is 4.98 Å². The fourth-order valence-corrected chi connectivity index (χ4v) is 1.34. The lowest BCUT2D eigenvalue weighted by Crippen LogP contribution is -2.01. The predicted octanol–water partition coefficient (Wildman–Crippen LogP) is 2.77. The summed E-state index contributed by atoms with van der Waals surface area (Å²) >= 11 is 0. The van der Waals surface area contributed by atoms with Gasteiger partial charge in [0.05, 0.1) is 6.61 Å². The smallest absolute Gasteiger partial charge is 0.168 e. The van der Waals surface area contributed by atoms with Crippen LogP contribution in [0.4, 0.5) is 0 Å². The van der Waals surface area contributed by atoms with E-state index in [1.165, 1.54) is 12.8 Å². The van der Waals surface area contributed by atoms with Crippen molar-refractivity contribution < 1.29 is 9.53 Å². The third-order valence-corrected chi connectivity index (χ3v) is 2.31. The lowest BCUT2D eigenvalue weighted by atomic mass is 10.2. The fourth-order valence-electron chi connectivity index (χ4n) is 1.34. The van der Waals surface area contributed by atoms with E-state index in [1.807, 2.05) is 6.92 Å². The van der Waals surface area contributed by atoms with Gasteiger partial charge in [-0.3, -0.25) is 9.78 Å². The van der Waals surface area contributed by atoms with Gasteiger partial charge < -0.3 is 4.74 Å². The topological polar surface area (TPSA) is 39.2 Å². The molecule has 0 aliphatic carbocycles. The number of unbranched alkanes of at least 4 members (excludes halogenated alkanes) is 2. The molecule has 0 saturated heterocycles. The molecule has 0 aromatic carbocycles. The number of hydrogen-bond donors (Lipinski definition) is 0. The van der Waals surface area contributed by atoms with Crippen molar-refractivity contribution in [3.05, 3.63) is 23.5 Å². The van der Waals surface area contributed by atoms with Gasteiger partial charge in [-0.15, -0.1) is 0 Å². The van der Waals surface area contributed by atoms with Crippen molar-refractivity contribution in [2.45, 2.75) is 33.1 Å². The largest absolute Gasteiger partial charge is 0.493 e. The predicted molar refractivity (Wildman–Crippen MR) is 59.4 cm³/mol. The molecule has 1 rings (SSSR count). The van der Waals surface area contributed by atoms with Gasteiger partial charge in [0.25, 0.3) is 0 Å². The summed E-state index contributed by atoms with van der Waals surface area (Å²) in [4.78, 5) is 14.6. The van der Waals surface area contributed by atoms with Crippen molar-refractivity contribution in [1.29, 1.82) is 0 Å². The molecular formula is C12H17NO2. The van der Waals surface area contributed by atoms with E-state index in [0.717, 1.165) is 24.0 Å². The standard InChI is InChI=1S/C12H17NO2/c1-3-4-5-8-15-12-6-7-13-11(9-14)10(12)2/h6-7,9H,3-5,8H2,1-2H3. The first-order valence-electron chi connectivity index (χ1n) is 5.33. The summed E-state index contributed by atoms with van der Waals surface area (Å²) in [7, 11) is 0. The Morgan fingerprint density at radius 1 is 1.47 bits per heavy atom. The molecule has 0 saturated carbocycles. The molecule has 1 heterocycles. The molecule has 0 amide bonds. The van der Waals surface area contributed by atoms with E-state index in [1.54, 1.807) is 12.3 Å². The van der Waals surface area contributed by atoms with E-state index in [4.69, 9.17) is 4.74 Å². The minimum absolute atomic E-state index is 0.461. The number of carbonyl (C=O) groups excluding carboxylic acids is 1. The van der Waals surface area contributed by atoms with E-state index >= 15 is 0 Å². The van der Waals surface area contributed by atoms with Gasteiger partial charge in [-0.1, -0.05) is 19.8 Å². The maximum absolute atomic E-state index is 10.6. The van der Waals surface area contributed by atoms with Crippen LogP contribution in [0.1, 0.15) is 42.2 Å². The normalized spacial score (nSPS) is 10.0. The summed E-state index contributed by atoms with van der Waals surface area (Å²) in [6.45, 7) is 4.71. The van der Waals surface area contributed by atoms with E-state index < -0.39 is 0 Å².